The SMILES string of the molecule is CCNC(=O)[C@@H](Cc1ccccc1)N(Cc1ccc(C)cc1)C(=O)CCSc1ccccc1. The van der Waals surface area contributed by atoms with Crippen molar-refractivity contribution in [1.29, 1.82) is 0 Å². The van der Waals surface area contributed by atoms with Gasteiger partial charge in [0, 0.05) is 36.6 Å². The van der Waals surface area contributed by atoms with E-state index in [4.69, 9.17) is 0 Å². The van der Waals surface area contributed by atoms with Crippen molar-refractivity contribution in [2.45, 2.75) is 44.2 Å². The molecule has 4 nitrogen and oxygen atoms in total. The molecule has 5 heteroatoms. The highest BCUT2D eigenvalue weighted by Crippen LogP contribution is 2.21. The number of benzene rings is 3. The number of aryl methyl sites for hydroxylation is 1. The third-order valence-electron chi connectivity index (χ3n) is 5.42. The van der Waals surface area contributed by atoms with Crippen LogP contribution in [0.5, 0.6) is 0 Å². The van der Waals surface area contributed by atoms with Crippen LogP contribution in [0, 0.1) is 6.92 Å². The molecule has 33 heavy (non-hydrogen) atoms. The molecule has 0 aliphatic heterocycles. The van der Waals surface area contributed by atoms with E-state index in [9.17, 15) is 9.59 Å². The van der Waals surface area contributed by atoms with Crippen molar-refractivity contribution in [2.75, 3.05) is 12.3 Å². The van der Waals surface area contributed by atoms with E-state index in [0.29, 0.717) is 31.7 Å². The highest BCUT2D eigenvalue weighted by Gasteiger charge is 2.29. The number of rotatable bonds is 11. The first-order chi connectivity index (χ1) is 16.1. The first-order valence-electron chi connectivity index (χ1n) is 11.4. The van der Waals surface area contributed by atoms with Gasteiger partial charge < -0.3 is 10.2 Å². The molecule has 2 amide bonds. The topological polar surface area (TPSA) is 49.4 Å². The lowest BCUT2D eigenvalue weighted by atomic mass is 10.0. The number of amides is 2. The Morgan fingerprint density at radius 3 is 2.15 bits per heavy atom. The molecular formula is C28H32N2O2S. The third-order valence-corrected chi connectivity index (χ3v) is 6.44. The molecule has 3 aromatic carbocycles. The molecule has 0 fully saturated rings. The Bertz CT molecular complexity index is 1010. The maximum atomic E-state index is 13.5. The lowest BCUT2D eigenvalue weighted by molar-refractivity contribution is -0.140. The fraction of sp³-hybridized carbons (Fsp3) is 0.286. The summed E-state index contributed by atoms with van der Waals surface area (Å²) in [5.74, 6) is 0.546. The van der Waals surface area contributed by atoms with Crippen molar-refractivity contribution in [2.24, 2.45) is 0 Å². The summed E-state index contributed by atoms with van der Waals surface area (Å²) >= 11 is 1.66. The number of nitrogens with one attached hydrogen (secondary N) is 1. The first kappa shape index (κ1) is 24.6. The van der Waals surface area contributed by atoms with E-state index < -0.39 is 6.04 Å². The van der Waals surface area contributed by atoms with Gasteiger partial charge in [-0.05, 0) is 37.1 Å². The minimum atomic E-state index is -0.567. The zero-order valence-electron chi connectivity index (χ0n) is 19.4. The molecule has 172 valence electrons. The Balaban J connectivity index is 1.81. The molecule has 1 atom stereocenters. The number of carbonyl (C=O) groups is 2. The number of thioether (sulfide) groups is 1. The molecule has 3 aromatic rings. The molecular weight excluding hydrogens is 428 g/mol. The van der Waals surface area contributed by atoms with Crippen LogP contribution in [0.2, 0.25) is 0 Å². The summed E-state index contributed by atoms with van der Waals surface area (Å²) in [6, 6.07) is 27.6. The lowest BCUT2D eigenvalue weighted by Crippen LogP contribution is -2.50. The van der Waals surface area contributed by atoms with Crippen molar-refractivity contribution in [3.63, 3.8) is 0 Å². The van der Waals surface area contributed by atoms with Gasteiger partial charge in [0.05, 0.1) is 0 Å². The number of carbonyl (C=O) groups excluding carboxylic acids is 2. The molecule has 0 aliphatic rings. The average Bonchev–Trinajstić information content (AvgIpc) is 2.84. The fourth-order valence-electron chi connectivity index (χ4n) is 3.65. The summed E-state index contributed by atoms with van der Waals surface area (Å²) in [5, 5.41) is 2.94. The van der Waals surface area contributed by atoms with Gasteiger partial charge in [-0.25, -0.2) is 0 Å². The van der Waals surface area contributed by atoms with E-state index in [2.05, 4.69) is 5.32 Å². The van der Waals surface area contributed by atoms with Crippen molar-refractivity contribution >= 4 is 23.6 Å². The van der Waals surface area contributed by atoms with Gasteiger partial charge in [0.1, 0.15) is 6.04 Å². The van der Waals surface area contributed by atoms with Crippen molar-refractivity contribution in [1.82, 2.24) is 10.2 Å². The smallest absolute Gasteiger partial charge is 0.243 e. The third kappa shape index (κ3) is 7.79. The normalized spacial score (nSPS) is 11.6. The van der Waals surface area contributed by atoms with Gasteiger partial charge in [0.25, 0.3) is 0 Å². The second-order valence-electron chi connectivity index (χ2n) is 8.02. The first-order valence-corrected chi connectivity index (χ1v) is 12.4. The highest BCUT2D eigenvalue weighted by atomic mass is 32.2. The van der Waals surface area contributed by atoms with Crippen LogP contribution in [-0.2, 0) is 22.6 Å². The standard InChI is InChI=1S/C28H32N2O2S/c1-3-29-28(32)26(20-23-10-6-4-7-11-23)30(21-24-16-14-22(2)15-17-24)27(31)18-19-33-25-12-8-5-9-13-25/h4-17,26H,3,18-21H2,1-2H3,(H,29,32)/t26-/m1/s1. The summed E-state index contributed by atoms with van der Waals surface area (Å²) in [6.07, 6.45) is 0.853. The monoisotopic (exact) mass is 460 g/mol. The second-order valence-corrected chi connectivity index (χ2v) is 9.19. The maximum Gasteiger partial charge on any atom is 0.243 e. The minimum absolute atomic E-state index is 0.00816. The van der Waals surface area contributed by atoms with Gasteiger partial charge in [0.15, 0.2) is 0 Å². The van der Waals surface area contributed by atoms with Crippen LogP contribution >= 0.6 is 11.8 Å². The van der Waals surface area contributed by atoms with Crippen molar-refractivity contribution in [3.05, 3.63) is 102 Å². The number of hydrogen-bond acceptors (Lipinski definition) is 3. The Morgan fingerprint density at radius 1 is 0.879 bits per heavy atom. The Hall–Kier alpha value is -3.05. The van der Waals surface area contributed by atoms with Crippen LogP contribution in [0.4, 0.5) is 0 Å². The number of hydrogen-bond donors (Lipinski definition) is 1. The Morgan fingerprint density at radius 2 is 1.52 bits per heavy atom. The molecule has 0 saturated carbocycles. The van der Waals surface area contributed by atoms with Crippen molar-refractivity contribution < 1.29 is 9.59 Å². The van der Waals surface area contributed by atoms with Gasteiger partial charge in [0.2, 0.25) is 11.8 Å². The molecule has 1 N–H and O–H groups in total. The van der Waals surface area contributed by atoms with Crippen LogP contribution in [0.15, 0.2) is 89.8 Å². The summed E-state index contributed by atoms with van der Waals surface area (Å²) in [4.78, 5) is 29.5. The van der Waals surface area contributed by atoms with Crippen molar-refractivity contribution in [3.8, 4) is 0 Å². The highest BCUT2D eigenvalue weighted by molar-refractivity contribution is 7.99. The lowest BCUT2D eigenvalue weighted by Gasteiger charge is -2.31. The molecule has 0 heterocycles. The molecule has 0 aliphatic carbocycles. The van der Waals surface area contributed by atoms with Gasteiger partial charge in [-0.2, -0.15) is 0 Å². The van der Waals surface area contributed by atoms with Crippen LogP contribution in [-0.4, -0.2) is 35.1 Å². The molecule has 0 spiro atoms. The zero-order valence-corrected chi connectivity index (χ0v) is 20.2. The number of likely N-dealkylation sites (N-methyl/N-ethyl adjacent to an activating group) is 1. The van der Waals surface area contributed by atoms with Gasteiger partial charge in [-0.15, -0.1) is 11.8 Å². The second kappa shape index (κ2) is 12.9. The van der Waals surface area contributed by atoms with E-state index in [1.165, 1.54) is 5.56 Å². The average molecular weight is 461 g/mol. The zero-order chi connectivity index (χ0) is 23.5. The van der Waals surface area contributed by atoms with E-state index in [0.717, 1.165) is 16.0 Å². The van der Waals surface area contributed by atoms with E-state index in [-0.39, 0.29) is 11.8 Å². The molecule has 0 unspecified atom stereocenters. The molecule has 0 saturated heterocycles. The van der Waals surface area contributed by atoms with Crippen LogP contribution in [0.3, 0.4) is 0 Å². The quantitative estimate of drug-likeness (QED) is 0.398. The van der Waals surface area contributed by atoms with Gasteiger partial charge in [-0.3, -0.25) is 9.59 Å². The predicted molar refractivity (Wildman–Crippen MR) is 136 cm³/mol. The number of nitrogens with zero attached hydrogens (tertiary/aromatic N) is 1. The summed E-state index contributed by atoms with van der Waals surface area (Å²) in [6.45, 7) is 4.88. The van der Waals surface area contributed by atoms with Gasteiger partial charge >= 0.3 is 0 Å². The summed E-state index contributed by atoms with van der Waals surface area (Å²) < 4.78 is 0. The Labute approximate surface area is 201 Å². The maximum absolute atomic E-state index is 13.5. The van der Waals surface area contributed by atoms with E-state index in [1.807, 2.05) is 98.8 Å². The molecule has 0 radical (unpaired) electrons. The summed E-state index contributed by atoms with van der Waals surface area (Å²) in [5.41, 5.74) is 3.22. The van der Waals surface area contributed by atoms with Crippen LogP contribution < -0.4 is 5.32 Å². The summed E-state index contributed by atoms with van der Waals surface area (Å²) in [7, 11) is 0. The molecule has 0 aromatic heterocycles. The molecule has 0 bridgehead atoms. The van der Waals surface area contributed by atoms with Crippen LogP contribution in [0.1, 0.15) is 30.0 Å². The van der Waals surface area contributed by atoms with E-state index >= 15 is 0 Å². The minimum Gasteiger partial charge on any atom is -0.355 e. The Kier molecular flexibility index (Phi) is 9.58. The fourth-order valence-corrected chi connectivity index (χ4v) is 4.51. The predicted octanol–water partition coefficient (Wildman–Crippen LogP) is 5.25. The van der Waals surface area contributed by atoms with Gasteiger partial charge in [-0.1, -0.05) is 78.4 Å². The largest absolute Gasteiger partial charge is 0.355 e. The van der Waals surface area contributed by atoms with E-state index in [1.54, 1.807) is 16.7 Å². The molecule has 3 rings (SSSR count). The van der Waals surface area contributed by atoms with Crippen LogP contribution in [0.25, 0.3) is 0 Å².